The summed E-state index contributed by atoms with van der Waals surface area (Å²) in [5.41, 5.74) is 1.21. The second kappa shape index (κ2) is 10.1. The van der Waals surface area contributed by atoms with Crippen LogP contribution in [0.25, 0.3) is 0 Å². The van der Waals surface area contributed by atoms with Crippen LogP contribution in [-0.4, -0.2) is 53.0 Å². The number of rotatable bonds is 8. The summed E-state index contributed by atoms with van der Waals surface area (Å²) in [5.74, 6) is 0.832. The van der Waals surface area contributed by atoms with Crippen molar-refractivity contribution in [2.24, 2.45) is 0 Å². The number of carboxylic acid groups (broad SMARTS) is 1. The van der Waals surface area contributed by atoms with Crippen molar-refractivity contribution in [1.29, 1.82) is 0 Å². The maximum absolute atomic E-state index is 12.2. The van der Waals surface area contributed by atoms with E-state index in [-0.39, 0.29) is 18.4 Å². The van der Waals surface area contributed by atoms with Crippen molar-refractivity contribution in [3.05, 3.63) is 60.2 Å². The Morgan fingerprint density at radius 3 is 2.17 bits per heavy atom. The highest BCUT2D eigenvalue weighted by molar-refractivity contribution is 5.77. The molecule has 1 unspecified atom stereocenters. The van der Waals surface area contributed by atoms with Gasteiger partial charge in [0.25, 0.3) is 0 Å². The Kier molecular flexibility index (Phi) is 7.25. The topological polar surface area (TPSA) is 70.1 Å². The molecule has 1 saturated heterocycles. The molecule has 0 aliphatic carbocycles. The fourth-order valence-electron chi connectivity index (χ4n) is 3.56. The Morgan fingerprint density at radius 2 is 1.55 bits per heavy atom. The molecule has 6 nitrogen and oxygen atoms in total. The van der Waals surface area contributed by atoms with E-state index in [1.165, 1.54) is 5.56 Å². The van der Waals surface area contributed by atoms with Crippen LogP contribution >= 0.6 is 0 Å². The number of hydrogen-bond acceptors (Lipinski definition) is 4. The second-order valence-electron chi connectivity index (χ2n) is 7.32. The molecule has 0 bridgehead atoms. The van der Waals surface area contributed by atoms with E-state index in [1.807, 2.05) is 47.4 Å². The summed E-state index contributed by atoms with van der Waals surface area (Å²) in [6.07, 6.45) is 0.764. The van der Waals surface area contributed by atoms with Gasteiger partial charge in [0.2, 0.25) is 5.91 Å². The SMILES string of the molecule is CC(c1ccc(Oc2ccccc2)cc1)N1CCN(C(=O)CCCC(=O)O)CC1. The first-order valence-electron chi connectivity index (χ1n) is 10.1. The molecule has 2 aromatic carbocycles. The van der Waals surface area contributed by atoms with Crippen molar-refractivity contribution in [3.8, 4) is 11.5 Å². The molecule has 6 heteroatoms. The van der Waals surface area contributed by atoms with Crippen LogP contribution in [0.5, 0.6) is 11.5 Å². The first kappa shape index (κ1) is 20.9. The molecule has 0 saturated carbocycles. The van der Waals surface area contributed by atoms with Crippen molar-refractivity contribution in [2.45, 2.75) is 32.2 Å². The second-order valence-corrected chi connectivity index (χ2v) is 7.32. The molecule has 0 aromatic heterocycles. The van der Waals surface area contributed by atoms with E-state index in [2.05, 4.69) is 24.0 Å². The van der Waals surface area contributed by atoms with Gasteiger partial charge in [0.15, 0.2) is 0 Å². The molecule has 0 radical (unpaired) electrons. The van der Waals surface area contributed by atoms with Crippen molar-refractivity contribution < 1.29 is 19.4 Å². The van der Waals surface area contributed by atoms with Crippen LogP contribution in [0.2, 0.25) is 0 Å². The molecule has 0 spiro atoms. The summed E-state index contributed by atoms with van der Waals surface area (Å²) in [6, 6.07) is 18.1. The third kappa shape index (κ3) is 6.06. The van der Waals surface area contributed by atoms with Crippen molar-refractivity contribution >= 4 is 11.9 Å². The number of nitrogens with zero attached hydrogens (tertiary/aromatic N) is 2. The molecule has 1 amide bonds. The summed E-state index contributed by atoms with van der Waals surface area (Å²) in [5, 5.41) is 8.69. The van der Waals surface area contributed by atoms with Gasteiger partial charge in [0, 0.05) is 45.1 Å². The van der Waals surface area contributed by atoms with Crippen molar-refractivity contribution in [2.75, 3.05) is 26.2 Å². The van der Waals surface area contributed by atoms with E-state index in [9.17, 15) is 9.59 Å². The quantitative estimate of drug-likeness (QED) is 0.732. The number of hydrogen-bond donors (Lipinski definition) is 1. The molecule has 1 aliphatic rings. The molecule has 1 aliphatic heterocycles. The summed E-state index contributed by atoms with van der Waals surface area (Å²) in [6.45, 7) is 5.18. The first-order valence-corrected chi connectivity index (χ1v) is 10.1. The third-order valence-electron chi connectivity index (χ3n) is 5.34. The molecular formula is C23H28N2O4. The number of aliphatic carboxylic acids is 1. The van der Waals surface area contributed by atoms with E-state index >= 15 is 0 Å². The van der Waals surface area contributed by atoms with Gasteiger partial charge in [-0.15, -0.1) is 0 Å². The average molecular weight is 396 g/mol. The standard InChI is InChI=1S/C23H28N2O4/c1-18(19-10-12-21(13-11-19)29-20-6-3-2-4-7-20)24-14-16-25(17-15-24)22(26)8-5-9-23(27)28/h2-4,6-7,10-13,18H,5,8-9,14-17H2,1H3,(H,27,28). The molecule has 1 heterocycles. The Labute approximate surface area is 171 Å². The van der Waals surface area contributed by atoms with Crippen LogP contribution in [0.4, 0.5) is 0 Å². The lowest BCUT2D eigenvalue weighted by atomic mass is 10.1. The predicted octanol–water partition coefficient (Wildman–Crippen LogP) is 3.94. The van der Waals surface area contributed by atoms with Gasteiger partial charge < -0.3 is 14.7 Å². The zero-order valence-corrected chi connectivity index (χ0v) is 16.8. The monoisotopic (exact) mass is 396 g/mol. The van der Waals surface area contributed by atoms with Crippen LogP contribution < -0.4 is 4.74 Å². The summed E-state index contributed by atoms with van der Waals surface area (Å²) < 4.78 is 5.85. The smallest absolute Gasteiger partial charge is 0.303 e. The minimum Gasteiger partial charge on any atom is -0.481 e. The third-order valence-corrected chi connectivity index (χ3v) is 5.34. The predicted molar refractivity (Wildman–Crippen MR) is 111 cm³/mol. The Balaban J connectivity index is 1.48. The van der Waals surface area contributed by atoms with Crippen LogP contribution in [-0.2, 0) is 9.59 Å². The number of carbonyl (C=O) groups is 2. The lowest BCUT2D eigenvalue weighted by molar-refractivity contribution is -0.137. The van der Waals surface area contributed by atoms with Crippen molar-refractivity contribution in [1.82, 2.24) is 9.80 Å². The lowest BCUT2D eigenvalue weighted by Crippen LogP contribution is -2.49. The van der Waals surface area contributed by atoms with Gasteiger partial charge >= 0.3 is 5.97 Å². The fraction of sp³-hybridized carbons (Fsp3) is 0.391. The normalized spacial score (nSPS) is 15.7. The first-order chi connectivity index (χ1) is 14.0. The van der Waals surface area contributed by atoms with E-state index < -0.39 is 5.97 Å². The zero-order valence-electron chi connectivity index (χ0n) is 16.8. The molecule has 1 atom stereocenters. The summed E-state index contributed by atoms with van der Waals surface area (Å²) in [4.78, 5) is 27.0. The van der Waals surface area contributed by atoms with E-state index in [4.69, 9.17) is 9.84 Å². The number of carboxylic acids is 1. The maximum atomic E-state index is 12.2. The van der Waals surface area contributed by atoms with Crippen LogP contribution in [0.3, 0.4) is 0 Å². The lowest BCUT2D eigenvalue weighted by Gasteiger charge is -2.38. The van der Waals surface area contributed by atoms with Gasteiger partial charge in [-0.2, -0.15) is 0 Å². The summed E-state index contributed by atoms with van der Waals surface area (Å²) in [7, 11) is 0. The average Bonchev–Trinajstić information content (AvgIpc) is 2.74. The number of para-hydroxylation sites is 1. The molecule has 1 fully saturated rings. The highest BCUT2D eigenvalue weighted by Crippen LogP contribution is 2.26. The van der Waals surface area contributed by atoms with Crippen LogP contribution in [0, 0.1) is 0 Å². The number of ether oxygens (including phenoxy) is 1. The molecule has 154 valence electrons. The van der Waals surface area contributed by atoms with Gasteiger partial charge in [-0.05, 0) is 43.2 Å². The number of piperazine rings is 1. The van der Waals surface area contributed by atoms with E-state index in [0.717, 1.165) is 24.6 Å². The maximum Gasteiger partial charge on any atom is 0.303 e. The van der Waals surface area contributed by atoms with Gasteiger partial charge in [0.05, 0.1) is 0 Å². The summed E-state index contributed by atoms with van der Waals surface area (Å²) >= 11 is 0. The van der Waals surface area contributed by atoms with Gasteiger partial charge in [-0.3, -0.25) is 14.5 Å². The Morgan fingerprint density at radius 1 is 0.931 bits per heavy atom. The van der Waals surface area contributed by atoms with Gasteiger partial charge in [-0.1, -0.05) is 30.3 Å². The Hall–Kier alpha value is -2.86. The van der Waals surface area contributed by atoms with Crippen LogP contribution in [0.1, 0.15) is 37.8 Å². The Bertz CT molecular complexity index is 799. The minimum atomic E-state index is -0.850. The molecule has 2 aromatic rings. The number of benzene rings is 2. The number of carbonyl (C=O) groups excluding carboxylic acids is 1. The van der Waals surface area contributed by atoms with Gasteiger partial charge in [0.1, 0.15) is 11.5 Å². The number of amides is 1. The molecule has 29 heavy (non-hydrogen) atoms. The molecule has 3 rings (SSSR count). The minimum absolute atomic E-state index is 0.0483. The largest absolute Gasteiger partial charge is 0.481 e. The molecule has 1 N–H and O–H groups in total. The molecular weight excluding hydrogens is 368 g/mol. The van der Waals surface area contributed by atoms with Crippen molar-refractivity contribution in [3.63, 3.8) is 0 Å². The van der Waals surface area contributed by atoms with E-state index in [0.29, 0.717) is 25.9 Å². The highest BCUT2D eigenvalue weighted by atomic mass is 16.5. The fourth-order valence-corrected chi connectivity index (χ4v) is 3.56. The zero-order chi connectivity index (χ0) is 20.6. The van der Waals surface area contributed by atoms with Gasteiger partial charge in [-0.25, -0.2) is 0 Å². The van der Waals surface area contributed by atoms with Crippen LogP contribution in [0.15, 0.2) is 54.6 Å². The van der Waals surface area contributed by atoms with E-state index in [1.54, 1.807) is 0 Å². The highest BCUT2D eigenvalue weighted by Gasteiger charge is 2.24.